The topological polar surface area (TPSA) is 26.3 Å². The minimum absolute atomic E-state index is 0.0683. The van der Waals surface area contributed by atoms with E-state index in [1.54, 1.807) is 5.57 Å². The molecule has 3 heteroatoms. The van der Waals surface area contributed by atoms with Gasteiger partial charge in [0.05, 0.1) is 0 Å². The van der Waals surface area contributed by atoms with E-state index < -0.39 is 0 Å². The highest BCUT2D eigenvalue weighted by atomic mass is 79.9. The molecule has 4 rings (SSSR count). The van der Waals surface area contributed by atoms with Gasteiger partial charge in [-0.2, -0.15) is 0 Å². The van der Waals surface area contributed by atoms with Gasteiger partial charge in [0.15, 0.2) is 0 Å². The average Bonchev–Trinajstić information content (AvgIpc) is 3.17. The number of alkyl halides is 1. The lowest BCUT2D eigenvalue weighted by molar-refractivity contribution is -0.150. The minimum atomic E-state index is -0.159. The van der Waals surface area contributed by atoms with E-state index in [9.17, 15) is 4.79 Å². The lowest BCUT2D eigenvalue weighted by Crippen LogP contribution is -2.50. The van der Waals surface area contributed by atoms with E-state index >= 15 is 0 Å². The number of ether oxygens (including phenoxy) is 1. The summed E-state index contributed by atoms with van der Waals surface area (Å²) in [6.45, 7) is 9.59. The van der Waals surface area contributed by atoms with Crippen LogP contribution >= 0.6 is 15.9 Å². The first kappa shape index (κ1) is 26.7. The molecular weight excluding hydrogens is 484 g/mol. The summed E-state index contributed by atoms with van der Waals surface area (Å²) >= 11 is 3.47. The van der Waals surface area contributed by atoms with Crippen LogP contribution in [0.3, 0.4) is 0 Å². The number of fused-ring (bicyclic) bond motifs is 5. The molecule has 0 bridgehead atoms. The van der Waals surface area contributed by atoms with Crippen LogP contribution in [-0.2, 0) is 9.53 Å². The van der Waals surface area contributed by atoms with Gasteiger partial charge in [0.25, 0.3) is 0 Å². The maximum atomic E-state index is 12.4. The number of esters is 1. The fourth-order valence-electron chi connectivity index (χ4n) is 8.89. The highest BCUT2D eigenvalue weighted by molar-refractivity contribution is 9.10. The molecule has 0 saturated heterocycles. The molecule has 3 saturated carbocycles. The van der Waals surface area contributed by atoms with Gasteiger partial charge in [-0.05, 0) is 92.3 Å². The van der Waals surface area contributed by atoms with Crippen molar-refractivity contribution < 1.29 is 9.53 Å². The second-order valence-corrected chi connectivity index (χ2v) is 13.9. The first-order valence-corrected chi connectivity index (χ1v) is 15.8. The fraction of sp³-hybridized carbons (Fsp3) is 0.903. The lowest BCUT2D eigenvalue weighted by Gasteiger charge is -2.58. The van der Waals surface area contributed by atoms with E-state index in [1.807, 2.05) is 6.92 Å². The van der Waals surface area contributed by atoms with Crippen molar-refractivity contribution in [3.63, 3.8) is 0 Å². The van der Waals surface area contributed by atoms with Crippen LogP contribution in [-0.4, -0.2) is 16.9 Å². The molecule has 4 aliphatic rings. The Bertz CT molecular complexity index is 731. The van der Waals surface area contributed by atoms with Gasteiger partial charge in [0, 0.05) is 6.42 Å². The number of allylic oxidation sites excluding steroid dienone is 1. The minimum Gasteiger partial charge on any atom is -0.461 e. The predicted molar refractivity (Wildman–Crippen MR) is 146 cm³/mol. The second kappa shape index (κ2) is 11.4. The fourth-order valence-corrected chi connectivity index (χ4v) is 8.99. The number of unbranched alkanes of at least 4 members (excludes halogenated alkanes) is 5. The van der Waals surface area contributed by atoms with Gasteiger partial charge in [-0.3, -0.25) is 4.79 Å². The standard InChI is InChI=1S/C31H51BrO2/c1-5-7-8-9-10-11-12-22-14-16-26-25-15-13-23-21-24(34-29(33)28(32)6-2)17-19-31(23,4)27(25)18-20-30(22,26)3/h13,22,24-28H,5-12,14-21H2,1-4H3/t22-,24-,25+,26+,27+,28+,30+,31-/m0/s1. The Balaban J connectivity index is 1.37. The molecule has 0 unspecified atom stereocenters. The van der Waals surface area contributed by atoms with Gasteiger partial charge in [-0.25, -0.2) is 0 Å². The van der Waals surface area contributed by atoms with E-state index in [-0.39, 0.29) is 16.9 Å². The molecule has 3 fully saturated rings. The van der Waals surface area contributed by atoms with E-state index in [4.69, 9.17) is 4.74 Å². The van der Waals surface area contributed by atoms with E-state index in [0.29, 0.717) is 10.8 Å². The van der Waals surface area contributed by atoms with Crippen LogP contribution in [0.15, 0.2) is 11.6 Å². The molecule has 0 amide bonds. The van der Waals surface area contributed by atoms with Gasteiger partial charge in [0.1, 0.15) is 10.9 Å². The molecule has 194 valence electrons. The van der Waals surface area contributed by atoms with Crippen molar-refractivity contribution >= 4 is 21.9 Å². The largest absolute Gasteiger partial charge is 0.461 e. The third-order valence-electron chi connectivity index (χ3n) is 11.1. The van der Waals surface area contributed by atoms with Gasteiger partial charge < -0.3 is 4.74 Å². The molecule has 0 radical (unpaired) electrons. The van der Waals surface area contributed by atoms with E-state index in [1.165, 1.54) is 83.5 Å². The molecule has 0 aromatic heterocycles. The summed E-state index contributed by atoms with van der Waals surface area (Å²) in [6, 6.07) is 0. The molecule has 0 spiro atoms. The Kier molecular flexibility index (Phi) is 8.96. The number of carbonyl (C=O) groups is 1. The molecule has 0 aromatic rings. The number of rotatable bonds is 10. The van der Waals surface area contributed by atoms with Crippen LogP contribution in [0.4, 0.5) is 0 Å². The Labute approximate surface area is 218 Å². The quantitative estimate of drug-likeness (QED) is 0.121. The summed E-state index contributed by atoms with van der Waals surface area (Å²) in [7, 11) is 0. The van der Waals surface area contributed by atoms with Gasteiger partial charge in [-0.15, -0.1) is 0 Å². The number of halogens is 1. The van der Waals surface area contributed by atoms with Gasteiger partial charge in [0.2, 0.25) is 0 Å². The molecule has 2 nitrogen and oxygen atoms in total. The normalized spacial score (nSPS) is 40.0. The van der Waals surface area contributed by atoms with E-state index in [0.717, 1.165) is 42.9 Å². The number of carbonyl (C=O) groups excluding carboxylic acids is 1. The molecule has 0 heterocycles. The van der Waals surface area contributed by atoms with Gasteiger partial charge in [-0.1, -0.05) is 93.8 Å². The van der Waals surface area contributed by atoms with E-state index in [2.05, 4.69) is 42.8 Å². The van der Waals surface area contributed by atoms with Crippen molar-refractivity contribution in [1.82, 2.24) is 0 Å². The van der Waals surface area contributed by atoms with Crippen LogP contribution in [0.2, 0.25) is 0 Å². The third-order valence-corrected chi connectivity index (χ3v) is 12.1. The van der Waals surface area contributed by atoms with Crippen molar-refractivity contribution in [3.8, 4) is 0 Å². The molecule has 34 heavy (non-hydrogen) atoms. The number of hydrogen-bond acceptors (Lipinski definition) is 2. The summed E-state index contributed by atoms with van der Waals surface area (Å²) in [5.74, 6) is 3.55. The van der Waals surface area contributed by atoms with Crippen molar-refractivity contribution in [2.45, 2.75) is 141 Å². The molecule has 0 aliphatic heterocycles. The molecule has 0 N–H and O–H groups in total. The third kappa shape index (κ3) is 5.21. The summed E-state index contributed by atoms with van der Waals surface area (Å²) in [5, 5.41) is 0. The highest BCUT2D eigenvalue weighted by Crippen LogP contribution is 2.66. The zero-order chi connectivity index (χ0) is 24.3. The highest BCUT2D eigenvalue weighted by Gasteiger charge is 2.58. The summed E-state index contributed by atoms with van der Waals surface area (Å²) in [6.07, 6.45) is 23.8. The van der Waals surface area contributed by atoms with Crippen molar-refractivity contribution in [3.05, 3.63) is 11.6 Å². The summed E-state index contributed by atoms with van der Waals surface area (Å²) in [4.78, 5) is 12.2. The first-order chi connectivity index (χ1) is 16.3. The number of hydrogen-bond donors (Lipinski definition) is 0. The SMILES string of the molecule is CCCCCCCC[C@H]1CC[C@@H]2[C@H]3CC=C4C[C@@H](OC(=O)[C@H](Br)CC)CC[C@]4(C)[C@@H]3CC[C@]12C. The van der Waals surface area contributed by atoms with Crippen LogP contribution in [0, 0.1) is 34.5 Å². The van der Waals surface area contributed by atoms with Crippen LogP contribution < -0.4 is 0 Å². The summed E-state index contributed by atoms with van der Waals surface area (Å²) < 4.78 is 5.92. The molecular formula is C31H51BrO2. The second-order valence-electron chi connectivity index (χ2n) is 12.8. The van der Waals surface area contributed by atoms with Crippen LogP contribution in [0.5, 0.6) is 0 Å². The zero-order valence-electron chi connectivity index (χ0n) is 22.5. The molecule has 4 aliphatic carbocycles. The van der Waals surface area contributed by atoms with Crippen LogP contribution in [0.25, 0.3) is 0 Å². The first-order valence-electron chi connectivity index (χ1n) is 14.9. The maximum Gasteiger partial charge on any atom is 0.319 e. The zero-order valence-corrected chi connectivity index (χ0v) is 24.1. The Morgan fingerprint density at radius 2 is 1.79 bits per heavy atom. The Hall–Kier alpha value is -0.310. The van der Waals surface area contributed by atoms with Crippen molar-refractivity contribution in [2.75, 3.05) is 0 Å². The lowest BCUT2D eigenvalue weighted by atomic mass is 9.47. The Morgan fingerprint density at radius 3 is 2.56 bits per heavy atom. The molecule has 8 atom stereocenters. The molecule has 0 aromatic carbocycles. The summed E-state index contributed by atoms with van der Waals surface area (Å²) in [5.41, 5.74) is 2.54. The van der Waals surface area contributed by atoms with Crippen LogP contribution in [0.1, 0.15) is 130 Å². The van der Waals surface area contributed by atoms with Gasteiger partial charge >= 0.3 is 5.97 Å². The Morgan fingerprint density at radius 1 is 1.03 bits per heavy atom. The smallest absolute Gasteiger partial charge is 0.319 e. The average molecular weight is 536 g/mol. The predicted octanol–water partition coefficient (Wildman–Crippen LogP) is 9.40. The monoisotopic (exact) mass is 534 g/mol. The maximum absolute atomic E-state index is 12.4. The van der Waals surface area contributed by atoms with Crippen molar-refractivity contribution in [2.24, 2.45) is 34.5 Å². The van der Waals surface area contributed by atoms with Crippen molar-refractivity contribution in [1.29, 1.82) is 0 Å².